The van der Waals surface area contributed by atoms with Crippen LogP contribution in [0.4, 0.5) is 0 Å². The molecule has 0 unspecified atom stereocenters. The van der Waals surface area contributed by atoms with Crippen LogP contribution in [0.1, 0.15) is 0 Å². The molecular weight excluding hydrogens is 754 g/mol. The Morgan fingerprint density at radius 2 is 1.37 bits per heavy atom. The van der Waals surface area contributed by atoms with Crippen molar-refractivity contribution in [3.63, 3.8) is 0 Å². The van der Waals surface area contributed by atoms with Gasteiger partial charge in [-0.05, 0) is 65.7 Å². The Balaban J connectivity index is 0.00000312. The van der Waals surface area contributed by atoms with Crippen LogP contribution in [0, 0.1) is 0 Å². The van der Waals surface area contributed by atoms with E-state index in [1.54, 1.807) is 18.3 Å². The first-order chi connectivity index (χ1) is 22.2. The van der Waals surface area contributed by atoms with Crippen molar-refractivity contribution >= 4 is 44.0 Å². The number of rotatable bonds is 4. The number of aromatic nitrogens is 5. The summed E-state index contributed by atoms with van der Waals surface area (Å²) in [5.41, 5.74) is 7.35. The summed E-state index contributed by atoms with van der Waals surface area (Å²) < 4.78 is 8.53. The molecule has 0 spiro atoms. The molecular formula is C38H23N5O2Pt. The van der Waals surface area contributed by atoms with Gasteiger partial charge in [0.1, 0.15) is 34.0 Å². The molecule has 0 bridgehead atoms. The van der Waals surface area contributed by atoms with E-state index in [4.69, 9.17) is 24.4 Å². The van der Waals surface area contributed by atoms with Gasteiger partial charge in [-0.1, -0.05) is 72.8 Å². The van der Waals surface area contributed by atoms with E-state index in [0.29, 0.717) is 45.3 Å². The molecule has 5 heterocycles. The van der Waals surface area contributed by atoms with E-state index in [-0.39, 0.29) is 26.8 Å². The largest absolute Gasteiger partial charge is 0.507 e. The van der Waals surface area contributed by atoms with Crippen molar-refractivity contribution in [2.45, 2.75) is 0 Å². The summed E-state index contributed by atoms with van der Waals surface area (Å²) in [6.07, 6.45) is 1.81. The summed E-state index contributed by atoms with van der Waals surface area (Å²) in [7, 11) is 0. The van der Waals surface area contributed by atoms with E-state index >= 15 is 0 Å². The van der Waals surface area contributed by atoms with Crippen molar-refractivity contribution in [3.05, 3.63) is 134 Å². The van der Waals surface area contributed by atoms with E-state index in [9.17, 15) is 5.11 Å². The first-order valence-electron chi connectivity index (χ1n) is 14.6. The quantitative estimate of drug-likeness (QED) is 0.192. The topological polar surface area (TPSA) is 89.9 Å². The SMILES string of the molecule is Oc1ccccc1-c1nc(-c2cc(-c3ccccc3)cc(-n3c4ccccc4c4cccnc43)n2)c2oc3ccccc3c2n1.[Pt]. The third-order valence-corrected chi connectivity index (χ3v) is 8.19. The molecule has 0 aliphatic heterocycles. The maximum atomic E-state index is 10.8. The first kappa shape index (κ1) is 27.9. The fourth-order valence-electron chi connectivity index (χ4n) is 6.12. The molecule has 5 aromatic heterocycles. The average Bonchev–Trinajstić information content (AvgIpc) is 3.64. The molecule has 0 saturated carbocycles. The number of pyridine rings is 2. The van der Waals surface area contributed by atoms with E-state index in [1.807, 2.05) is 78.9 Å². The third-order valence-electron chi connectivity index (χ3n) is 8.19. The maximum absolute atomic E-state index is 10.8. The molecule has 4 aromatic carbocycles. The Hall–Kier alpha value is -5.65. The van der Waals surface area contributed by atoms with E-state index in [2.05, 4.69) is 41.0 Å². The summed E-state index contributed by atoms with van der Waals surface area (Å²) in [5, 5.41) is 13.8. The monoisotopic (exact) mass is 776 g/mol. The molecule has 46 heavy (non-hydrogen) atoms. The van der Waals surface area contributed by atoms with Crippen molar-refractivity contribution in [2.75, 3.05) is 0 Å². The van der Waals surface area contributed by atoms with Crippen LogP contribution >= 0.6 is 0 Å². The van der Waals surface area contributed by atoms with Gasteiger partial charge in [-0.3, -0.25) is 4.57 Å². The second-order valence-corrected chi connectivity index (χ2v) is 10.9. The summed E-state index contributed by atoms with van der Waals surface area (Å²) in [5.74, 6) is 1.18. The molecule has 9 rings (SSSR count). The zero-order valence-corrected chi connectivity index (χ0v) is 26.4. The van der Waals surface area contributed by atoms with E-state index in [1.165, 1.54) is 0 Å². The number of nitrogens with zero attached hydrogens (tertiary/aromatic N) is 5. The molecule has 0 aliphatic rings. The van der Waals surface area contributed by atoms with Crippen LogP contribution in [0.25, 0.3) is 83.7 Å². The van der Waals surface area contributed by atoms with Crippen LogP contribution < -0.4 is 0 Å². The minimum absolute atomic E-state index is 0. The number of hydrogen-bond acceptors (Lipinski definition) is 6. The standard InChI is InChI=1S/C38H23N5O2.Pt/c44-31-18-8-5-14-27(31)37-41-34-28-15-6-9-19-32(28)45-36(34)35(42-37)29-21-24(23-11-2-1-3-12-23)22-33(40-29)43-30-17-7-4-13-25(30)26-16-10-20-39-38(26)43;/h1-22,44H;. The Labute approximate surface area is 277 Å². The fourth-order valence-corrected chi connectivity index (χ4v) is 6.12. The van der Waals surface area contributed by atoms with Crippen molar-refractivity contribution in [1.82, 2.24) is 24.5 Å². The summed E-state index contributed by atoms with van der Waals surface area (Å²) in [6.45, 7) is 0. The number of aromatic hydroxyl groups is 1. The van der Waals surface area contributed by atoms with Gasteiger partial charge in [0.25, 0.3) is 0 Å². The molecule has 7 nitrogen and oxygen atoms in total. The van der Waals surface area contributed by atoms with Gasteiger partial charge in [-0.2, -0.15) is 0 Å². The van der Waals surface area contributed by atoms with Crippen LogP contribution in [0.15, 0.2) is 138 Å². The van der Waals surface area contributed by atoms with Crippen molar-refractivity contribution in [1.29, 1.82) is 0 Å². The van der Waals surface area contributed by atoms with Crippen LogP contribution in [-0.2, 0) is 21.1 Å². The van der Waals surface area contributed by atoms with Gasteiger partial charge in [0.15, 0.2) is 11.4 Å². The number of furan rings is 1. The van der Waals surface area contributed by atoms with Crippen molar-refractivity contribution < 1.29 is 30.6 Å². The number of phenolic OH excluding ortho intramolecular Hbond substituents is 1. The summed E-state index contributed by atoms with van der Waals surface area (Å²) >= 11 is 0. The zero-order chi connectivity index (χ0) is 29.9. The van der Waals surface area contributed by atoms with Crippen LogP contribution in [-0.4, -0.2) is 29.6 Å². The molecule has 1 N–H and O–H groups in total. The minimum atomic E-state index is 0. The van der Waals surface area contributed by atoms with Gasteiger partial charge < -0.3 is 9.52 Å². The van der Waals surface area contributed by atoms with Crippen molar-refractivity contribution in [3.8, 4) is 45.5 Å². The summed E-state index contributed by atoms with van der Waals surface area (Å²) in [4.78, 5) is 20.0. The van der Waals surface area contributed by atoms with Gasteiger partial charge in [0, 0.05) is 43.4 Å². The van der Waals surface area contributed by atoms with Gasteiger partial charge in [-0.25, -0.2) is 19.9 Å². The van der Waals surface area contributed by atoms with E-state index < -0.39 is 0 Å². The number of para-hydroxylation sites is 3. The zero-order valence-electron chi connectivity index (χ0n) is 24.1. The van der Waals surface area contributed by atoms with Crippen LogP contribution in [0.2, 0.25) is 0 Å². The molecule has 9 aromatic rings. The molecule has 8 heteroatoms. The van der Waals surface area contributed by atoms with Gasteiger partial charge in [0.2, 0.25) is 0 Å². The summed E-state index contributed by atoms with van der Waals surface area (Å²) in [6, 6.07) is 41.5. The Bertz CT molecular complexity index is 2520. The van der Waals surface area contributed by atoms with Gasteiger partial charge >= 0.3 is 0 Å². The smallest absolute Gasteiger partial charge is 0.181 e. The normalized spacial score (nSPS) is 11.4. The first-order valence-corrected chi connectivity index (χ1v) is 14.6. The Kier molecular flexibility index (Phi) is 6.70. The van der Waals surface area contributed by atoms with Gasteiger partial charge in [0.05, 0.1) is 16.8 Å². The second kappa shape index (κ2) is 11.1. The molecule has 0 radical (unpaired) electrons. The number of fused-ring (bicyclic) bond motifs is 6. The minimum Gasteiger partial charge on any atom is -0.507 e. The number of phenols is 1. The molecule has 222 valence electrons. The Morgan fingerprint density at radius 1 is 0.630 bits per heavy atom. The molecule has 0 saturated heterocycles. The van der Waals surface area contributed by atoms with Crippen molar-refractivity contribution in [2.24, 2.45) is 0 Å². The predicted molar refractivity (Wildman–Crippen MR) is 177 cm³/mol. The maximum Gasteiger partial charge on any atom is 0.181 e. The number of benzene rings is 4. The van der Waals surface area contributed by atoms with Crippen LogP contribution in [0.3, 0.4) is 0 Å². The molecule has 0 aliphatic carbocycles. The molecule has 0 amide bonds. The second-order valence-electron chi connectivity index (χ2n) is 10.9. The van der Waals surface area contributed by atoms with Gasteiger partial charge in [-0.15, -0.1) is 0 Å². The predicted octanol–water partition coefficient (Wildman–Crippen LogP) is 8.97. The average molecular weight is 777 g/mol. The Morgan fingerprint density at radius 3 is 2.24 bits per heavy atom. The molecule has 0 fully saturated rings. The third kappa shape index (κ3) is 4.39. The van der Waals surface area contributed by atoms with Crippen LogP contribution in [0.5, 0.6) is 5.75 Å². The molecule has 0 atom stereocenters. The van der Waals surface area contributed by atoms with E-state index in [0.717, 1.165) is 38.4 Å². The number of hydrogen-bond donors (Lipinski definition) is 1. The fraction of sp³-hybridized carbons (Fsp3) is 0.